The maximum atomic E-state index is 10.2. The quantitative estimate of drug-likeness (QED) is 0.882. The highest BCUT2D eigenvalue weighted by atomic mass is 16.3. The Balaban J connectivity index is 2.45. The van der Waals surface area contributed by atoms with Crippen molar-refractivity contribution in [3.63, 3.8) is 0 Å². The molecular formula is C18H23NO. The van der Waals surface area contributed by atoms with Crippen LogP contribution in [0.5, 0.6) is 0 Å². The minimum atomic E-state index is -0.417. The highest BCUT2D eigenvalue weighted by Crippen LogP contribution is 2.32. The number of rotatable bonds is 4. The molecule has 2 aromatic carbocycles. The molecule has 0 aromatic heterocycles. The number of aryl methyl sites for hydroxylation is 2. The fourth-order valence-corrected chi connectivity index (χ4v) is 2.58. The van der Waals surface area contributed by atoms with Crippen LogP contribution in [0.3, 0.4) is 0 Å². The van der Waals surface area contributed by atoms with Gasteiger partial charge in [-0.15, -0.1) is 0 Å². The molecule has 0 heterocycles. The molecule has 0 aliphatic carbocycles. The summed E-state index contributed by atoms with van der Waals surface area (Å²) in [7, 11) is 2.05. The number of aliphatic hydroxyl groups is 1. The van der Waals surface area contributed by atoms with Crippen molar-refractivity contribution < 1.29 is 5.11 Å². The molecule has 0 aliphatic rings. The smallest absolute Gasteiger partial charge is 0.0807 e. The second-order valence-corrected chi connectivity index (χ2v) is 5.39. The van der Waals surface area contributed by atoms with Crippen LogP contribution in [0.4, 0.5) is 11.4 Å². The van der Waals surface area contributed by atoms with Crippen molar-refractivity contribution in [2.24, 2.45) is 0 Å². The molecule has 1 N–H and O–H groups in total. The second-order valence-electron chi connectivity index (χ2n) is 5.39. The molecule has 2 heteroatoms. The Morgan fingerprint density at radius 3 is 2.25 bits per heavy atom. The third kappa shape index (κ3) is 3.02. The van der Waals surface area contributed by atoms with Gasteiger partial charge in [-0.3, -0.25) is 0 Å². The van der Waals surface area contributed by atoms with Crippen LogP contribution < -0.4 is 4.90 Å². The van der Waals surface area contributed by atoms with Crippen molar-refractivity contribution >= 4 is 11.4 Å². The van der Waals surface area contributed by atoms with Crippen LogP contribution in [-0.2, 0) is 0 Å². The Morgan fingerprint density at radius 2 is 1.65 bits per heavy atom. The predicted molar refractivity (Wildman–Crippen MR) is 85.7 cm³/mol. The van der Waals surface area contributed by atoms with Crippen molar-refractivity contribution in [1.82, 2.24) is 0 Å². The molecule has 0 amide bonds. The van der Waals surface area contributed by atoms with E-state index in [9.17, 15) is 5.11 Å². The van der Waals surface area contributed by atoms with E-state index < -0.39 is 6.10 Å². The fraction of sp³-hybridized carbons (Fsp3) is 0.333. The molecule has 1 atom stereocenters. The lowest BCUT2D eigenvalue weighted by atomic mass is 10.0. The number of hydrogen-bond donors (Lipinski definition) is 1. The van der Waals surface area contributed by atoms with Crippen LogP contribution >= 0.6 is 0 Å². The lowest BCUT2D eigenvalue weighted by Crippen LogP contribution is -2.13. The molecule has 0 spiro atoms. The molecule has 20 heavy (non-hydrogen) atoms. The van der Waals surface area contributed by atoms with Gasteiger partial charge in [-0.25, -0.2) is 0 Å². The fourth-order valence-electron chi connectivity index (χ4n) is 2.58. The molecule has 0 radical (unpaired) electrons. The first-order chi connectivity index (χ1) is 9.52. The molecule has 0 saturated carbocycles. The maximum absolute atomic E-state index is 10.2. The highest BCUT2D eigenvalue weighted by molar-refractivity contribution is 5.67. The molecule has 2 nitrogen and oxygen atoms in total. The lowest BCUT2D eigenvalue weighted by molar-refractivity contribution is 0.174. The van der Waals surface area contributed by atoms with E-state index in [1.165, 1.54) is 11.1 Å². The molecule has 1 unspecified atom stereocenters. The van der Waals surface area contributed by atoms with Crippen molar-refractivity contribution in [3.8, 4) is 0 Å². The minimum Gasteiger partial charge on any atom is -0.388 e. The molecule has 0 aliphatic heterocycles. The van der Waals surface area contributed by atoms with Crippen molar-refractivity contribution in [3.05, 3.63) is 59.2 Å². The number of nitrogens with zero attached hydrogens (tertiary/aromatic N) is 1. The Bertz CT molecular complexity index is 571. The van der Waals surface area contributed by atoms with E-state index >= 15 is 0 Å². The average molecular weight is 269 g/mol. The van der Waals surface area contributed by atoms with Crippen LogP contribution in [0, 0.1) is 13.8 Å². The van der Waals surface area contributed by atoms with E-state index in [2.05, 4.69) is 50.1 Å². The van der Waals surface area contributed by atoms with Crippen molar-refractivity contribution in [2.75, 3.05) is 11.9 Å². The average Bonchev–Trinajstić information content (AvgIpc) is 2.44. The van der Waals surface area contributed by atoms with E-state index in [-0.39, 0.29) is 0 Å². The molecule has 106 valence electrons. The summed E-state index contributed by atoms with van der Waals surface area (Å²) in [6, 6.07) is 14.6. The monoisotopic (exact) mass is 269 g/mol. The second kappa shape index (κ2) is 6.10. The largest absolute Gasteiger partial charge is 0.388 e. The van der Waals surface area contributed by atoms with Gasteiger partial charge in [0.1, 0.15) is 0 Å². The maximum Gasteiger partial charge on any atom is 0.0807 e. The van der Waals surface area contributed by atoms with Gasteiger partial charge in [-0.1, -0.05) is 31.2 Å². The number of anilines is 2. The van der Waals surface area contributed by atoms with Crippen molar-refractivity contribution in [2.45, 2.75) is 33.3 Å². The van der Waals surface area contributed by atoms with Gasteiger partial charge in [-0.2, -0.15) is 0 Å². The summed E-state index contributed by atoms with van der Waals surface area (Å²) < 4.78 is 0. The highest BCUT2D eigenvalue weighted by Gasteiger charge is 2.14. The van der Waals surface area contributed by atoms with Crippen LogP contribution in [0.15, 0.2) is 42.5 Å². The normalized spacial score (nSPS) is 12.2. The first kappa shape index (κ1) is 14.6. The zero-order valence-electron chi connectivity index (χ0n) is 12.7. The number of benzene rings is 2. The van der Waals surface area contributed by atoms with E-state index in [1.807, 2.05) is 25.1 Å². The Morgan fingerprint density at radius 1 is 1.05 bits per heavy atom. The van der Waals surface area contributed by atoms with Gasteiger partial charge in [0.05, 0.1) is 6.10 Å². The van der Waals surface area contributed by atoms with Gasteiger partial charge in [0.15, 0.2) is 0 Å². The summed E-state index contributed by atoms with van der Waals surface area (Å²) in [5.74, 6) is 0. The first-order valence-electron chi connectivity index (χ1n) is 7.12. The first-order valence-corrected chi connectivity index (χ1v) is 7.12. The lowest BCUT2D eigenvalue weighted by Gasteiger charge is -2.25. The van der Waals surface area contributed by atoms with Gasteiger partial charge in [0.25, 0.3) is 0 Å². The summed E-state index contributed by atoms with van der Waals surface area (Å²) >= 11 is 0. The third-order valence-corrected chi connectivity index (χ3v) is 3.64. The molecule has 2 aromatic rings. The van der Waals surface area contributed by atoms with Gasteiger partial charge in [-0.05, 0) is 49.6 Å². The summed E-state index contributed by atoms with van der Waals surface area (Å²) in [6.45, 7) is 6.21. The van der Waals surface area contributed by atoms with E-state index in [4.69, 9.17) is 0 Å². The predicted octanol–water partition coefficient (Wildman–Crippen LogP) is 4.51. The SMILES string of the molecule is CCC(O)c1ccccc1N(C)c1cc(C)cc(C)c1. The molecule has 2 rings (SSSR count). The van der Waals surface area contributed by atoms with Crippen LogP contribution in [-0.4, -0.2) is 12.2 Å². The minimum absolute atomic E-state index is 0.417. The van der Waals surface area contributed by atoms with Gasteiger partial charge >= 0.3 is 0 Å². The Kier molecular flexibility index (Phi) is 4.46. The molecule has 0 bridgehead atoms. The van der Waals surface area contributed by atoms with E-state index in [1.54, 1.807) is 0 Å². The van der Waals surface area contributed by atoms with Crippen molar-refractivity contribution in [1.29, 1.82) is 0 Å². The summed E-state index contributed by atoms with van der Waals surface area (Å²) in [5, 5.41) is 10.2. The van der Waals surface area contributed by atoms with Gasteiger partial charge in [0, 0.05) is 24.0 Å². The topological polar surface area (TPSA) is 23.5 Å². The van der Waals surface area contributed by atoms with Crippen LogP contribution in [0.25, 0.3) is 0 Å². The number of para-hydroxylation sites is 1. The summed E-state index contributed by atoms with van der Waals surface area (Å²) in [5.41, 5.74) is 5.70. The zero-order valence-corrected chi connectivity index (χ0v) is 12.7. The summed E-state index contributed by atoms with van der Waals surface area (Å²) in [6.07, 6.45) is 0.303. The molecule has 0 fully saturated rings. The third-order valence-electron chi connectivity index (χ3n) is 3.64. The van der Waals surface area contributed by atoms with E-state index in [0.717, 1.165) is 23.4 Å². The van der Waals surface area contributed by atoms with Crippen LogP contribution in [0.2, 0.25) is 0 Å². The van der Waals surface area contributed by atoms with Gasteiger partial charge in [0.2, 0.25) is 0 Å². The standard InChI is InChI=1S/C18H23NO/c1-5-18(20)16-8-6-7-9-17(16)19(4)15-11-13(2)10-14(3)12-15/h6-12,18,20H,5H2,1-4H3. The Hall–Kier alpha value is -1.80. The zero-order chi connectivity index (χ0) is 14.7. The molecular weight excluding hydrogens is 246 g/mol. The number of aliphatic hydroxyl groups excluding tert-OH is 1. The van der Waals surface area contributed by atoms with Crippen LogP contribution in [0.1, 0.15) is 36.1 Å². The van der Waals surface area contributed by atoms with Gasteiger partial charge < -0.3 is 10.0 Å². The van der Waals surface area contributed by atoms with E-state index in [0.29, 0.717) is 0 Å². The summed E-state index contributed by atoms with van der Waals surface area (Å²) in [4.78, 5) is 2.15. The Labute approximate surface area is 121 Å². The number of hydrogen-bond acceptors (Lipinski definition) is 2. The molecule has 0 saturated heterocycles.